The molecule has 0 amide bonds. The van der Waals surface area contributed by atoms with Crippen LogP contribution in [0.2, 0.25) is 0 Å². The summed E-state index contributed by atoms with van der Waals surface area (Å²) in [5, 5.41) is 0. The van der Waals surface area contributed by atoms with E-state index in [-0.39, 0.29) is 4.90 Å². The number of pyridine rings is 3. The Morgan fingerprint density at radius 1 is 0.608 bits per heavy atom. The Morgan fingerprint density at radius 3 is 1.78 bits per heavy atom. The zero-order valence-corrected chi connectivity index (χ0v) is 29.5. The van der Waals surface area contributed by atoms with Gasteiger partial charge in [-0.2, -0.15) is 0 Å². The molecule has 0 bridgehead atoms. The second kappa shape index (κ2) is 16.1. The van der Waals surface area contributed by atoms with Gasteiger partial charge >= 0.3 is 0 Å². The molecule has 260 valence electrons. The summed E-state index contributed by atoms with van der Waals surface area (Å²) < 4.78 is 49.0. The molecule has 9 nitrogen and oxygen atoms in total. The van der Waals surface area contributed by atoms with E-state index in [4.69, 9.17) is 23.9 Å². The van der Waals surface area contributed by atoms with Crippen LogP contribution in [0.15, 0.2) is 139 Å². The Labute approximate surface area is 298 Å². The molecule has 6 rings (SSSR count). The monoisotopic (exact) mass is 701 g/mol. The minimum atomic E-state index is -3.51. The first-order valence-corrected chi connectivity index (χ1v) is 18.3. The van der Waals surface area contributed by atoms with Crippen LogP contribution in [0.5, 0.6) is 11.5 Å². The molecule has 0 aliphatic rings. The van der Waals surface area contributed by atoms with E-state index >= 15 is 0 Å². The van der Waals surface area contributed by atoms with Crippen molar-refractivity contribution in [2.45, 2.75) is 23.5 Å². The second-order valence-electron chi connectivity index (χ2n) is 11.9. The predicted molar refractivity (Wildman–Crippen MR) is 196 cm³/mol. The lowest BCUT2D eigenvalue weighted by Gasteiger charge is -2.36. The highest BCUT2D eigenvalue weighted by atomic mass is 32.2. The number of aromatic nitrogens is 3. The number of ether oxygens (including phenoxy) is 4. The number of hydrogen-bond donors (Lipinski definition) is 0. The highest BCUT2D eigenvalue weighted by Crippen LogP contribution is 2.41. The molecular formula is C41H39N3O6S. The molecule has 10 heteroatoms. The van der Waals surface area contributed by atoms with Crippen molar-refractivity contribution in [2.75, 3.05) is 33.7 Å². The maximum atomic E-state index is 12.5. The molecule has 0 saturated heterocycles. The van der Waals surface area contributed by atoms with Gasteiger partial charge in [-0.15, -0.1) is 0 Å². The third-order valence-corrected chi connectivity index (χ3v) is 9.53. The average Bonchev–Trinajstić information content (AvgIpc) is 3.18. The van der Waals surface area contributed by atoms with Gasteiger partial charge in [-0.1, -0.05) is 60.7 Å². The van der Waals surface area contributed by atoms with Crippen molar-refractivity contribution in [1.29, 1.82) is 0 Å². The maximum absolute atomic E-state index is 12.5. The third kappa shape index (κ3) is 8.32. The zero-order valence-electron chi connectivity index (χ0n) is 28.7. The van der Waals surface area contributed by atoms with E-state index in [2.05, 4.69) is 22.1 Å². The average molecular weight is 702 g/mol. The van der Waals surface area contributed by atoms with Crippen LogP contribution in [0.25, 0.3) is 22.8 Å². The van der Waals surface area contributed by atoms with Gasteiger partial charge in [-0.25, -0.2) is 13.4 Å². The number of methoxy groups -OCH3 is 2. The largest absolute Gasteiger partial charge is 0.497 e. The first-order valence-electron chi connectivity index (χ1n) is 16.5. The fraction of sp³-hybridized carbons (Fsp3) is 0.195. The number of rotatable bonds is 15. The molecule has 51 heavy (non-hydrogen) atoms. The van der Waals surface area contributed by atoms with Crippen LogP contribution >= 0.6 is 0 Å². The second-order valence-corrected chi connectivity index (χ2v) is 13.9. The van der Waals surface area contributed by atoms with Crippen LogP contribution in [0.4, 0.5) is 0 Å². The molecule has 3 aromatic carbocycles. The molecule has 0 radical (unpaired) electrons. The zero-order chi connectivity index (χ0) is 35.7. The van der Waals surface area contributed by atoms with Crippen LogP contribution < -0.4 is 9.47 Å². The lowest BCUT2D eigenvalue weighted by molar-refractivity contribution is -0.00205. The smallest absolute Gasteiger partial charge is 0.175 e. The molecule has 0 aliphatic carbocycles. The van der Waals surface area contributed by atoms with Crippen molar-refractivity contribution in [1.82, 2.24) is 15.0 Å². The highest BCUT2D eigenvalue weighted by molar-refractivity contribution is 7.90. The van der Waals surface area contributed by atoms with E-state index in [1.807, 2.05) is 84.9 Å². The van der Waals surface area contributed by atoms with Crippen molar-refractivity contribution < 1.29 is 27.4 Å². The summed E-state index contributed by atoms with van der Waals surface area (Å²) in [6, 6.07) is 38.3. The molecule has 0 spiro atoms. The van der Waals surface area contributed by atoms with Crippen molar-refractivity contribution in [3.63, 3.8) is 0 Å². The van der Waals surface area contributed by atoms with Gasteiger partial charge in [-0.05, 0) is 89.3 Å². The van der Waals surface area contributed by atoms with Crippen molar-refractivity contribution >= 4 is 9.84 Å². The van der Waals surface area contributed by atoms with Gasteiger partial charge < -0.3 is 18.9 Å². The van der Waals surface area contributed by atoms with E-state index in [0.29, 0.717) is 49.0 Å². The SMILES string of the molecule is COc1ccc(C(OCCCOCc2ccnc(-c3cc(S(C)(=O)=O)cc(-c4ccccn4)n3)c2)(c2ccccc2)c2ccc(OC)cc2)cc1. The Kier molecular flexibility index (Phi) is 11.2. The van der Waals surface area contributed by atoms with Gasteiger partial charge in [0.2, 0.25) is 0 Å². The van der Waals surface area contributed by atoms with E-state index in [0.717, 1.165) is 33.8 Å². The standard InChI is InChI=1S/C41H39N3O6S/c1-47-34-17-13-32(14-18-34)41(31-10-5-4-6-11-31,33-15-19-35(48-2)20-16-33)50-25-9-24-49-29-30-21-23-43-38(26-30)40-28-36(51(3,45)46)27-39(44-40)37-12-7-8-22-42-37/h4-8,10-23,26-28H,9,24-25,29H2,1-3H3. The summed E-state index contributed by atoms with van der Waals surface area (Å²) in [6.45, 7) is 1.18. The van der Waals surface area contributed by atoms with Crippen LogP contribution in [0.3, 0.4) is 0 Å². The van der Waals surface area contributed by atoms with Crippen LogP contribution in [-0.2, 0) is 31.5 Å². The van der Waals surface area contributed by atoms with Crippen molar-refractivity contribution in [2.24, 2.45) is 0 Å². The number of hydrogen-bond acceptors (Lipinski definition) is 9. The number of nitrogens with zero attached hydrogens (tertiary/aromatic N) is 3. The normalized spacial score (nSPS) is 11.7. The summed E-state index contributed by atoms with van der Waals surface area (Å²) in [5.41, 5.74) is 4.88. The molecule has 0 atom stereocenters. The molecule has 0 fully saturated rings. The lowest BCUT2D eigenvalue weighted by Crippen LogP contribution is -2.33. The first kappa shape index (κ1) is 35.4. The fourth-order valence-corrected chi connectivity index (χ4v) is 6.50. The third-order valence-electron chi connectivity index (χ3n) is 8.43. The van der Waals surface area contributed by atoms with Crippen molar-refractivity contribution in [3.8, 4) is 34.3 Å². The number of sulfone groups is 1. The number of benzene rings is 3. The summed E-state index contributed by atoms with van der Waals surface area (Å²) in [5.74, 6) is 1.52. The molecule has 0 unspecified atom stereocenters. The predicted octanol–water partition coefficient (Wildman–Crippen LogP) is 7.54. The minimum Gasteiger partial charge on any atom is -0.497 e. The molecule has 3 aromatic heterocycles. The van der Waals surface area contributed by atoms with Gasteiger partial charge in [0.25, 0.3) is 0 Å². The lowest BCUT2D eigenvalue weighted by atomic mass is 9.80. The van der Waals surface area contributed by atoms with E-state index < -0.39 is 15.4 Å². The van der Waals surface area contributed by atoms with E-state index in [1.165, 1.54) is 18.4 Å². The highest BCUT2D eigenvalue weighted by Gasteiger charge is 2.37. The van der Waals surface area contributed by atoms with Gasteiger partial charge in [0, 0.05) is 25.3 Å². The van der Waals surface area contributed by atoms with Gasteiger partial charge in [0.15, 0.2) is 9.84 Å². The van der Waals surface area contributed by atoms with E-state index in [9.17, 15) is 8.42 Å². The minimum absolute atomic E-state index is 0.146. The van der Waals surface area contributed by atoms with Gasteiger partial charge in [0.05, 0.1) is 55.1 Å². The summed E-state index contributed by atoms with van der Waals surface area (Å²) in [6.07, 6.45) is 5.12. The summed E-state index contributed by atoms with van der Waals surface area (Å²) in [4.78, 5) is 13.7. The fourth-order valence-electron chi connectivity index (χ4n) is 5.85. The topological polar surface area (TPSA) is 110 Å². The van der Waals surface area contributed by atoms with Gasteiger partial charge in [-0.3, -0.25) is 9.97 Å². The van der Waals surface area contributed by atoms with E-state index in [1.54, 1.807) is 38.7 Å². The molecule has 0 aliphatic heterocycles. The molecule has 0 N–H and O–H groups in total. The summed E-state index contributed by atoms with van der Waals surface area (Å²) in [7, 11) is -0.207. The van der Waals surface area contributed by atoms with Gasteiger partial charge in [0.1, 0.15) is 17.1 Å². The Balaban J connectivity index is 1.18. The molecule has 3 heterocycles. The van der Waals surface area contributed by atoms with Crippen molar-refractivity contribution in [3.05, 3.63) is 156 Å². The Morgan fingerprint density at radius 2 is 1.20 bits per heavy atom. The van der Waals surface area contributed by atoms with Crippen LogP contribution in [0.1, 0.15) is 28.7 Å². The summed E-state index contributed by atoms with van der Waals surface area (Å²) >= 11 is 0. The Hall–Kier alpha value is -5.42. The first-order chi connectivity index (χ1) is 24.8. The van der Waals surface area contributed by atoms with Crippen LogP contribution in [0, 0.1) is 0 Å². The molecule has 0 saturated carbocycles. The molecule has 6 aromatic rings. The quantitative estimate of drug-likeness (QED) is 0.0792. The molecular weight excluding hydrogens is 663 g/mol. The van der Waals surface area contributed by atoms with Crippen LogP contribution in [-0.4, -0.2) is 57.1 Å². The Bertz CT molecular complexity index is 2100. The maximum Gasteiger partial charge on any atom is 0.175 e.